The van der Waals surface area contributed by atoms with Crippen molar-refractivity contribution in [2.45, 2.75) is 56.2 Å². The fourth-order valence-electron chi connectivity index (χ4n) is 4.10. The lowest BCUT2D eigenvalue weighted by molar-refractivity contribution is -0.384. The average molecular weight is 548 g/mol. The van der Waals surface area contributed by atoms with E-state index in [1.165, 1.54) is 12.1 Å². The predicted molar refractivity (Wildman–Crippen MR) is 132 cm³/mol. The summed E-state index contributed by atoms with van der Waals surface area (Å²) in [5.74, 6) is -5.37. The van der Waals surface area contributed by atoms with Gasteiger partial charge < -0.3 is 40.5 Å². The number of nitrogens with one attached hydrogen (secondary N) is 2. The summed E-state index contributed by atoms with van der Waals surface area (Å²) in [6.07, 6.45) is -7.49. The van der Waals surface area contributed by atoms with Gasteiger partial charge in [0, 0.05) is 37.6 Å². The van der Waals surface area contributed by atoms with Gasteiger partial charge in [-0.1, -0.05) is 30.3 Å². The number of amides is 2. The minimum atomic E-state index is -2.43. The molecule has 14 heteroatoms. The van der Waals surface area contributed by atoms with E-state index in [9.17, 15) is 44.9 Å². The van der Waals surface area contributed by atoms with Gasteiger partial charge in [0.1, 0.15) is 12.2 Å². The Morgan fingerprint density at radius 3 is 2.36 bits per heavy atom. The van der Waals surface area contributed by atoms with Crippen molar-refractivity contribution in [2.24, 2.45) is 0 Å². The molecule has 1 aliphatic rings. The molecule has 1 aliphatic heterocycles. The maximum atomic E-state index is 12.4. The zero-order valence-electron chi connectivity index (χ0n) is 20.8. The molecule has 0 unspecified atom stereocenters. The molecule has 1 fully saturated rings. The molecular formula is C25H29N3O11. The van der Waals surface area contributed by atoms with Gasteiger partial charge in [0.2, 0.25) is 5.91 Å². The van der Waals surface area contributed by atoms with Crippen molar-refractivity contribution >= 4 is 23.5 Å². The van der Waals surface area contributed by atoms with E-state index in [0.717, 1.165) is 19.1 Å². The zero-order chi connectivity index (χ0) is 28.7. The maximum absolute atomic E-state index is 12.4. The molecule has 2 aromatic rings. The van der Waals surface area contributed by atoms with Gasteiger partial charge >= 0.3 is 5.97 Å². The predicted octanol–water partition coefficient (Wildman–Crippen LogP) is -0.301. The molecule has 1 heterocycles. The van der Waals surface area contributed by atoms with Crippen LogP contribution in [-0.4, -0.2) is 85.9 Å². The summed E-state index contributed by atoms with van der Waals surface area (Å²) in [4.78, 5) is 46.6. The Bertz CT molecular complexity index is 1180. The number of nitro groups is 1. The number of carboxylic acids is 1. The number of aliphatic carboxylic acids is 1. The third kappa shape index (κ3) is 7.34. The number of nitrogens with zero attached hydrogens (tertiary/aromatic N) is 1. The van der Waals surface area contributed by atoms with Crippen molar-refractivity contribution < 1.29 is 49.2 Å². The number of carboxylic acid groups (broad SMARTS) is 1. The number of nitro benzene ring substituents is 1. The minimum Gasteiger partial charge on any atom is -0.477 e. The second-order valence-electron chi connectivity index (χ2n) is 8.98. The summed E-state index contributed by atoms with van der Waals surface area (Å²) in [6.45, 7) is 0.369. The monoisotopic (exact) mass is 547 g/mol. The molecule has 0 saturated carbocycles. The number of benzene rings is 2. The van der Waals surface area contributed by atoms with Crippen LogP contribution in [0.1, 0.15) is 29.3 Å². The van der Waals surface area contributed by atoms with E-state index in [2.05, 4.69) is 10.6 Å². The normalized spacial score (nSPS) is 24.3. The highest BCUT2D eigenvalue weighted by atomic mass is 16.7. The van der Waals surface area contributed by atoms with Crippen molar-refractivity contribution in [1.29, 1.82) is 0 Å². The van der Waals surface area contributed by atoms with Gasteiger partial charge in [0.05, 0.1) is 29.8 Å². The van der Waals surface area contributed by atoms with Crippen molar-refractivity contribution in [2.75, 3.05) is 6.54 Å². The van der Waals surface area contributed by atoms with Crippen molar-refractivity contribution in [3.8, 4) is 0 Å². The Balaban J connectivity index is 1.76. The Hall–Kier alpha value is -3.95. The van der Waals surface area contributed by atoms with Crippen LogP contribution in [-0.2, 0) is 25.7 Å². The standard InChI is InChI=1S/C25H29N3O11/c1-14(29)27-20-18(30)11-25(24(34)35,38-13-15-5-3-2-4-6-15)39-22(20)21(32)19(31)12-26-23(33)16-7-9-17(10-8-16)28(36)37/h2-10,18-22,30-32H,11-13H2,1H3,(H,26,33)(H,27,29)(H,34,35)/t18-,19+,20+,21-,22+,25+/m0/s1. The van der Waals surface area contributed by atoms with Gasteiger partial charge in [-0.15, -0.1) is 0 Å². The number of hydrogen-bond donors (Lipinski definition) is 6. The number of aliphatic hydroxyl groups excluding tert-OH is 3. The van der Waals surface area contributed by atoms with Gasteiger partial charge in [-0.25, -0.2) is 4.79 Å². The molecule has 2 aromatic carbocycles. The van der Waals surface area contributed by atoms with E-state index in [-0.39, 0.29) is 17.9 Å². The molecule has 39 heavy (non-hydrogen) atoms. The first-order chi connectivity index (χ1) is 18.4. The van der Waals surface area contributed by atoms with E-state index >= 15 is 0 Å². The molecule has 2 amide bonds. The molecule has 210 valence electrons. The molecule has 0 spiro atoms. The number of carbonyl (C=O) groups excluding carboxylic acids is 2. The fraction of sp³-hybridized carbons (Fsp3) is 0.400. The molecule has 1 saturated heterocycles. The SMILES string of the molecule is CC(=O)N[C@H]1[C@H]([C@@H](O)[C@H](O)CNC(=O)c2ccc([N+](=O)[O-])cc2)O[C@@](OCc2ccccc2)(C(=O)O)C[C@@H]1O. The summed E-state index contributed by atoms with van der Waals surface area (Å²) in [5.41, 5.74) is 0.420. The molecule has 3 rings (SSSR count). The number of non-ortho nitro benzene ring substituents is 1. The first-order valence-corrected chi connectivity index (χ1v) is 11.9. The second kappa shape index (κ2) is 12.7. The first kappa shape index (κ1) is 29.6. The van der Waals surface area contributed by atoms with Crippen LogP contribution in [0.15, 0.2) is 54.6 Å². The highest BCUT2D eigenvalue weighted by Crippen LogP contribution is 2.34. The average Bonchev–Trinajstić information content (AvgIpc) is 2.91. The Labute approximate surface area is 222 Å². The van der Waals surface area contributed by atoms with Gasteiger partial charge in [-0.3, -0.25) is 19.7 Å². The summed E-state index contributed by atoms with van der Waals surface area (Å²) < 4.78 is 11.2. The highest BCUT2D eigenvalue weighted by Gasteiger charge is 2.55. The smallest absolute Gasteiger partial charge is 0.364 e. The summed E-state index contributed by atoms with van der Waals surface area (Å²) in [7, 11) is 0. The molecular weight excluding hydrogens is 518 g/mol. The van der Waals surface area contributed by atoms with Crippen LogP contribution < -0.4 is 10.6 Å². The van der Waals surface area contributed by atoms with E-state index in [1.807, 2.05) is 0 Å². The lowest BCUT2D eigenvalue weighted by Crippen LogP contribution is -2.68. The van der Waals surface area contributed by atoms with E-state index in [0.29, 0.717) is 5.56 Å². The minimum absolute atomic E-state index is 0.0435. The first-order valence-electron chi connectivity index (χ1n) is 11.9. The van der Waals surface area contributed by atoms with Crippen molar-refractivity contribution in [3.63, 3.8) is 0 Å². The van der Waals surface area contributed by atoms with E-state index < -0.39 is 71.9 Å². The molecule has 6 atom stereocenters. The van der Waals surface area contributed by atoms with Crippen LogP contribution >= 0.6 is 0 Å². The van der Waals surface area contributed by atoms with Crippen LogP contribution in [0.25, 0.3) is 0 Å². The maximum Gasteiger partial charge on any atom is 0.364 e. The number of ether oxygens (including phenoxy) is 2. The topological polar surface area (TPSA) is 218 Å². The Kier molecular flexibility index (Phi) is 9.66. The fourth-order valence-corrected chi connectivity index (χ4v) is 4.10. The number of aliphatic hydroxyl groups is 3. The zero-order valence-corrected chi connectivity index (χ0v) is 20.8. The molecule has 6 N–H and O–H groups in total. The van der Waals surface area contributed by atoms with Crippen LogP contribution in [0.3, 0.4) is 0 Å². The van der Waals surface area contributed by atoms with Gasteiger partial charge in [-0.05, 0) is 17.7 Å². The molecule has 0 radical (unpaired) electrons. The highest BCUT2D eigenvalue weighted by molar-refractivity contribution is 5.94. The lowest BCUT2D eigenvalue weighted by atomic mass is 9.88. The summed E-state index contributed by atoms with van der Waals surface area (Å²) >= 11 is 0. The molecule has 0 aliphatic carbocycles. The molecule has 14 nitrogen and oxygen atoms in total. The molecule has 0 aromatic heterocycles. The van der Waals surface area contributed by atoms with E-state index in [1.54, 1.807) is 30.3 Å². The third-order valence-corrected chi connectivity index (χ3v) is 6.13. The Morgan fingerprint density at radius 1 is 1.15 bits per heavy atom. The number of carbonyl (C=O) groups is 3. The number of rotatable bonds is 11. The van der Waals surface area contributed by atoms with Crippen LogP contribution in [0.2, 0.25) is 0 Å². The van der Waals surface area contributed by atoms with Crippen molar-refractivity contribution in [3.05, 3.63) is 75.8 Å². The Morgan fingerprint density at radius 2 is 1.79 bits per heavy atom. The largest absolute Gasteiger partial charge is 0.477 e. The third-order valence-electron chi connectivity index (χ3n) is 6.13. The lowest BCUT2D eigenvalue weighted by Gasteiger charge is -2.46. The van der Waals surface area contributed by atoms with Crippen LogP contribution in [0.4, 0.5) is 5.69 Å². The summed E-state index contributed by atoms with van der Waals surface area (Å²) in [5, 5.41) is 57.8. The van der Waals surface area contributed by atoms with Crippen LogP contribution in [0, 0.1) is 10.1 Å². The summed E-state index contributed by atoms with van der Waals surface area (Å²) in [6, 6.07) is 11.9. The van der Waals surface area contributed by atoms with Gasteiger partial charge in [0.25, 0.3) is 17.4 Å². The second-order valence-corrected chi connectivity index (χ2v) is 8.98. The van der Waals surface area contributed by atoms with Crippen LogP contribution in [0.5, 0.6) is 0 Å². The van der Waals surface area contributed by atoms with Gasteiger partial charge in [-0.2, -0.15) is 0 Å². The van der Waals surface area contributed by atoms with Crippen molar-refractivity contribution in [1.82, 2.24) is 10.6 Å². The van der Waals surface area contributed by atoms with E-state index in [4.69, 9.17) is 9.47 Å². The quantitative estimate of drug-likeness (QED) is 0.158. The molecule has 0 bridgehead atoms. The van der Waals surface area contributed by atoms with Gasteiger partial charge in [0.15, 0.2) is 0 Å². The number of hydrogen-bond acceptors (Lipinski definition) is 10.